The number of hydrogen-bond donors (Lipinski definition) is 2. The maximum atomic E-state index is 14.8. The van der Waals surface area contributed by atoms with Crippen molar-refractivity contribution in [1.82, 2.24) is 9.80 Å². The zero-order valence-electron chi connectivity index (χ0n) is 26.2. The highest BCUT2D eigenvalue weighted by molar-refractivity contribution is 6.31. The minimum Gasteiger partial charge on any atom is -0.478 e. The van der Waals surface area contributed by atoms with Crippen molar-refractivity contribution >= 4 is 46.5 Å². The van der Waals surface area contributed by atoms with Gasteiger partial charge in [-0.25, -0.2) is 9.18 Å². The Morgan fingerprint density at radius 2 is 1.77 bits per heavy atom. The number of oxime groups is 1. The minimum atomic E-state index is -1.07. The molecule has 2 unspecified atom stereocenters. The van der Waals surface area contributed by atoms with Crippen molar-refractivity contribution in [3.05, 3.63) is 111 Å². The molecule has 3 heterocycles. The lowest BCUT2D eigenvalue weighted by Gasteiger charge is -2.38. The normalized spacial score (nSPS) is 19.5. The molecule has 6 rings (SSSR count). The molecular formula is C36H34ClFN4O6. The van der Waals surface area contributed by atoms with Gasteiger partial charge in [0.25, 0.3) is 5.91 Å². The van der Waals surface area contributed by atoms with Gasteiger partial charge in [0.1, 0.15) is 6.04 Å². The molecule has 0 fully saturated rings. The lowest BCUT2D eigenvalue weighted by atomic mass is 9.82. The summed E-state index contributed by atoms with van der Waals surface area (Å²) < 4.78 is 14.8. The fraction of sp³-hybridized carbons (Fsp3) is 0.306. The van der Waals surface area contributed by atoms with Gasteiger partial charge >= 0.3 is 5.97 Å². The molecule has 0 bridgehead atoms. The van der Waals surface area contributed by atoms with Crippen LogP contribution in [-0.4, -0.2) is 76.0 Å². The molecule has 10 nitrogen and oxygen atoms in total. The third kappa shape index (κ3) is 6.48. The Morgan fingerprint density at radius 1 is 1.04 bits per heavy atom. The van der Waals surface area contributed by atoms with Gasteiger partial charge in [-0.2, -0.15) is 0 Å². The first-order valence-corrected chi connectivity index (χ1v) is 16.1. The second-order valence-corrected chi connectivity index (χ2v) is 12.6. The Bertz CT molecular complexity index is 1860. The number of halogens is 2. The van der Waals surface area contributed by atoms with Crippen molar-refractivity contribution in [3.63, 3.8) is 0 Å². The van der Waals surface area contributed by atoms with Crippen LogP contribution in [-0.2, 0) is 32.1 Å². The van der Waals surface area contributed by atoms with Crippen molar-refractivity contribution in [3.8, 4) is 0 Å². The van der Waals surface area contributed by atoms with Crippen molar-refractivity contribution in [2.75, 3.05) is 19.6 Å². The van der Waals surface area contributed by atoms with Crippen LogP contribution in [0.1, 0.15) is 64.0 Å². The maximum Gasteiger partial charge on any atom is 0.335 e. The number of fused-ring (bicyclic) bond motifs is 1. The van der Waals surface area contributed by atoms with Gasteiger partial charge in [-0.1, -0.05) is 59.2 Å². The van der Waals surface area contributed by atoms with E-state index in [0.717, 1.165) is 16.7 Å². The Labute approximate surface area is 281 Å². The first-order valence-electron chi connectivity index (χ1n) is 15.7. The van der Waals surface area contributed by atoms with Crippen LogP contribution < -0.4 is 5.73 Å². The molecule has 248 valence electrons. The number of ketones is 1. The smallest absolute Gasteiger partial charge is 0.335 e. The average molecular weight is 673 g/mol. The molecule has 0 aromatic heterocycles. The van der Waals surface area contributed by atoms with Crippen LogP contribution >= 0.6 is 11.6 Å². The molecular weight excluding hydrogens is 639 g/mol. The van der Waals surface area contributed by atoms with Gasteiger partial charge in [0, 0.05) is 38.0 Å². The number of carbonyl (C=O) groups excluding carboxylic acids is 3. The molecule has 2 amide bonds. The first kappa shape index (κ1) is 33.0. The summed E-state index contributed by atoms with van der Waals surface area (Å²) in [6.07, 6.45) is 1.98. The highest BCUT2D eigenvalue weighted by atomic mass is 35.5. The molecule has 0 spiro atoms. The predicted molar refractivity (Wildman–Crippen MR) is 177 cm³/mol. The lowest BCUT2D eigenvalue weighted by molar-refractivity contribution is -0.149. The SMILES string of the molecule is C[C@H](N)C(=O)N1CC=C(c2cccc3c2CCN(C(=O)C2CC(c4cccc(Cl)c4F)=NO2)C3C(=O)Cc2ccc(C(=O)O)cc2)CC1. The van der Waals surface area contributed by atoms with E-state index in [1.165, 1.54) is 29.2 Å². The van der Waals surface area contributed by atoms with Crippen molar-refractivity contribution in [1.29, 1.82) is 0 Å². The number of carboxylic acid groups (broad SMARTS) is 1. The number of carbonyl (C=O) groups is 4. The number of nitrogens with two attached hydrogens (primary N) is 1. The molecule has 3 N–H and O–H groups in total. The largest absolute Gasteiger partial charge is 0.478 e. The molecule has 0 saturated carbocycles. The fourth-order valence-electron chi connectivity index (χ4n) is 6.60. The number of benzene rings is 3. The number of nitrogens with zero attached hydrogens (tertiary/aromatic N) is 3. The lowest BCUT2D eigenvalue weighted by Crippen LogP contribution is -2.48. The van der Waals surface area contributed by atoms with E-state index < -0.39 is 35.9 Å². The molecule has 0 aliphatic carbocycles. The third-order valence-electron chi connectivity index (χ3n) is 9.05. The Morgan fingerprint density at radius 3 is 2.46 bits per heavy atom. The summed E-state index contributed by atoms with van der Waals surface area (Å²) in [7, 11) is 0. The van der Waals surface area contributed by atoms with E-state index in [1.54, 1.807) is 30.0 Å². The van der Waals surface area contributed by atoms with Gasteiger partial charge in [0.15, 0.2) is 11.6 Å². The summed E-state index contributed by atoms with van der Waals surface area (Å²) in [6, 6.07) is 14.7. The highest BCUT2D eigenvalue weighted by Gasteiger charge is 2.42. The van der Waals surface area contributed by atoms with Gasteiger partial charge in [-0.15, -0.1) is 0 Å². The Kier molecular flexibility index (Phi) is 9.43. The van der Waals surface area contributed by atoms with Gasteiger partial charge in [-0.3, -0.25) is 14.4 Å². The van der Waals surface area contributed by atoms with Gasteiger partial charge < -0.3 is 25.5 Å². The summed E-state index contributed by atoms with van der Waals surface area (Å²) >= 11 is 5.97. The van der Waals surface area contributed by atoms with E-state index in [2.05, 4.69) is 5.16 Å². The van der Waals surface area contributed by atoms with E-state index in [-0.39, 0.29) is 52.9 Å². The van der Waals surface area contributed by atoms with Crippen LogP contribution in [0.25, 0.3) is 5.57 Å². The zero-order valence-corrected chi connectivity index (χ0v) is 27.0. The van der Waals surface area contributed by atoms with Crippen LogP contribution in [0.4, 0.5) is 4.39 Å². The van der Waals surface area contributed by atoms with Crippen LogP contribution in [0.15, 0.2) is 71.9 Å². The summed E-state index contributed by atoms with van der Waals surface area (Å²) in [5.74, 6) is -2.55. The van der Waals surface area contributed by atoms with Crippen LogP contribution in [0, 0.1) is 5.82 Å². The Balaban J connectivity index is 1.30. The van der Waals surface area contributed by atoms with Gasteiger partial charge in [0.05, 0.1) is 22.3 Å². The summed E-state index contributed by atoms with van der Waals surface area (Å²) in [6.45, 7) is 2.83. The summed E-state index contributed by atoms with van der Waals surface area (Å²) in [5.41, 5.74) is 10.6. The molecule has 0 saturated heterocycles. The summed E-state index contributed by atoms with van der Waals surface area (Å²) in [5, 5.41) is 13.2. The summed E-state index contributed by atoms with van der Waals surface area (Å²) in [4.78, 5) is 60.9. The topological polar surface area (TPSA) is 143 Å². The molecule has 0 radical (unpaired) electrons. The van der Waals surface area contributed by atoms with E-state index in [1.807, 2.05) is 24.3 Å². The van der Waals surface area contributed by atoms with Crippen molar-refractivity contribution in [2.24, 2.45) is 10.9 Å². The Hall–Kier alpha value is -4.87. The molecule has 3 aliphatic rings. The highest BCUT2D eigenvalue weighted by Crippen LogP contribution is 2.38. The minimum absolute atomic E-state index is 0.000572. The van der Waals surface area contributed by atoms with E-state index in [0.29, 0.717) is 37.1 Å². The van der Waals surface area contributed by atoms with Crippen molar-refractivity contribution in [2.45, 2.75) is 50.8 Å². The zero-order chi connectivity index (χ0) is 34.1. The standard InChI is InChI=1S/C36H34ClFN4O6/c1-20(39)34(44)41-15-12-22(13-16-41)24-4-2-5-26-25(24)14-17-42(33(26)30(43)18-21-8-10-23(11-9-21)36(46)47)35(45)31-19-29(40-48-31)27-6-3-7-28(37)32(27)38/h2-12,20,31,33H,13-19,39H2,1H3,(H,46,47)/t20-,31?,33?/m0/s1. The average Bonchev–Trinajstić information content (AvgIpc) is 3.58. The number of hydrogen-bond acceptors (Lipinski definition) is 7. The monoisotopic (exact) mass is 672 g/mol. The van der Waals surface area contributed by atoms with Crippen LogP contribution in [0.3, 0.4) is 0 Å². The number of amides is 2. The van der Waals surface area contributed by atoms with Gasteiger partial charge in [-0.05, 0) is 71.9 Å². The van der Waals surface area contributed by atoms with E-state index in [4.69, 9.17) is 22.2 Å². The third-order valence-corrected chi connectivity index (χ3v) is 9.34. The number of aromatic carboxylic acids is 1. The van der Waals surface area contributed by atoms with Crippen LogP contribution in [0.5, 0.6) is 0 Å². The number of carboxylic acids is 1. The number of Topliss-reactive ketones (excluding diaryl/α,β-unsaturated/α-hetero) is 1. The van der Waals surface area contributed by atoms with E-state index in [9.17, 15) is 28.7 Å². The van der Waals surface area contributed by atoms with Crippen molar-refractivity contribution < 1.29 is 33.5 Å². The molecule has 3 aromatic rings. The molecule has 3 aliphatic heterocycles. The fourth-order valence-corrected chi connectivity index (χ4v) is 6.77. The second-order valence-electron chi connectivity index (χ2n) is 12.2. The maximum absolute atomic E-state index is 14.8. The number of rotatable bonds is 8. The van der Waals surface area contributed by atoms with E-state index >= 15 is 0 Å². The predicted octanol–water partition coefficient (Wildman–Crippen LogP) is 4.57. The molecule has 3 atom stereocenters. The second kappa shape index (κ2) is 13.7. The van der Waals surface area contributed by atoms with Gasteiger partial charge in [0.2, 0.25) is 12.0 Å². The molecule has 12 heteroatoms. The molecule has 48 heavy (non-hydrogen) atoms. The molecule has 3 aromatic carbocycles. The first-order chi connectivity index (χ1) is 23.0. The quantitative estimate of drug-likeness (QED) is 0.357. The van der Waals surface area contributed by atoms with Crippen LogP contribution in [0.2, 0.25) is 5.02 Å².